The van der Waals surface area contributed by atoms with Gasteiger partial charge < -0.3 is 10.2 Å². The third-order valence-corrected chi connectivity index (χ3v) is 3.90. The Balaban J connectivity index is 2.40. The van der Waals surface area contributed by atoms with E-state index in [2.05, 4.69) is 43.1 Å². The molecule has 1 saturated heterocycles. The zero-order valence-corrected chi connectivity index (χ0v) is 11.7. The molecule has 0 radical (unpaired) electrons. The second kappa shape index (κ2) is 5.99. The summed E-state index contributed by atoms with van der Waals surface area (Å²) in [5.41, 5.74) is 0.255. The second-order valence-corrected chi connectivity index (χ2v) is 5.99. The van der Waals surface area contributed by atoms with Crippen LogP contribution in [-0.4, -0.2) is 62.7 Å². The van der Waals surface area contributed by atoms with Gasteiger partial charge in [0.15, 0.2) is 0 Å². The zero-order chi connectivity index (χ0) is 12.2. The molecule has 3 heteroatoms. The number of hydrogen-bond donors (Lipinski definition) is 1. The van der Waals surface area contributed by atoms with Gasteiger partial charge in [0.1, 0.15) is 0 Å². The van der Waals surface area contributed by atoms with Gasteiger partial charge in [0.05, 0.1) is 0 Å². The first-order chi connectivity index (χ1) is 7.45. The molecule has 3 nitrogen and oxygen atoms in total. The van der Waals surface area contributed by atoms with Crippen LogP contribution in [0.1, 0.15) is 26.7 Å². The zero-order valence-electron chi connectivity index (χ0n) is 11.7. The van der Waals surface area contributed by atoms with Gasteiger partial charge in [-0.3, -0.25) is 4.90 Å². The predicted molar refractivity (Wildman–Crippen MR) is 70.9 cm³/mol. The van der Waals surface area contributed by atoms with Crippen molar-refractivity contribution in [3.63, 3.8) is 0 Å². The van der Waals surface area contributed by atoms with Gasteiger partial charge in [-0.2, -0.15) is 0 Å². The number of likely N-dealkylation sites (tertiary alicyclic amines) is 1. The van der Waals surface area contributed by atoms with E-state index >= 15 is 0 Å². The Labute approximate surface area is 101 Å². The van der Waals surface area contributed by atoms with Crippen LogP contribution in [0.15, 0.2) is 0 Å². The number of hydrogen-bond acceptors (Lipinski definition) is 3. The van der Waals surface area contributed by atoms with E-state index in [1.54, 1.807) is 0 Å². The SMILES string of the molecule is CNCC(C)(C)N(C)CC1CCCN(C)C1. The van der Waals surface area contributed by atoms with E-state index in [0.717, 1.165) is 12.5 Å². The lowest BCUT2D eigenvalue weighted by molar-refractivity contribution is 0.100. The summed E-state index contributed by atoms with van der Waals surface area (Å²) in [6, 6.07) is 0. The van der Waals surface area contributed by atoms with E-state index in [0.29, 0.717) is 0 Å². The number of piperidine rings is 1. The van der Waals surface area contributed by atoms with Crippen LogP contribution in [0.2, 0.25) is 0 Å². The van der Waals surface area contributed by atoms with Gasteiger partial charge in [0, 0.05) is 25.2 Å². The van der Waals surface area contributed by atoms with Crippen LogP contribution in [0.25, 0.3) is 0 Å². The number of rotatable bonds is 5. The molecule has 1 fully saturated rings. The molecular formula is C13H29N3. The molecule has 1 heterocycles. The van der Waals surface area contributed by atoms with Crippen molar-refractivity contribution in [1.29, 1.82) is 0 Å². The minimum atomic E-state index is 0.255. The van der Waals surface area contributed by atoms with Crippen molar-refractivity contribution in [1.82, 2.24) is 15.1 Å². The van der Waals surface area contributed by atoms with Gasteiger partial charge >= 0.3 is 0 Å². The monoisotopic (exact) mass is 227 g/mol. The Bertz CT molecular complexity index is 203. The van der Waals surface area contributed by atoms with Crippen LogP contribution in [0.4, 0.5) is 0 Å². The Hall–Kier alpha value is -0.120. The van der Waals surface area contributed by atoms with Crippen LogP contribution in [-0.2, 0) is 0 Å². The van der Waals surface area contributed by atoms with Crippen molar-refractivity contribution >= 4 is 0 Å². The molecular weight excluding hydrogens is 198 g/mol. The smallest absolute Gasteiger partial charge is 0.0274 e. The van der Waals surface area contributed by atoms with Crippen molar-refractivity contribution in [2.24, 2.45) is 5.92 Å². The lowest BCUT2D eigenvalue weighted by Gasteiger charge is -2.40. The van der Waals surface area contributed by atoms with Gasteiger partial charge in [-0.05, 0) is 60.3 Å². The highest BCUT2D eigenvalue weighted by molar-refractivity contribution is 4.84. The average Bonchev–Trinajstić information content (AvgIpc) is 2.17. The molecule has 1 unspecified atom stereocenters. The summed E-state index contributed by atoms with van der Waals surface area (Å²) < 4.78 is 0. The van der Waals surface area contributed by atoms with Crippen LogP contribution in [0.3, 0.4) is 0 Å². The van der Waals surface area contributed by atoms with E-state index in [-0.39, 0.29) is 5.54 Å². The Morgan fingerprint density at radius 2 is 2.12 bits per heavy atom. The number of nitrogens with one attached hydrogen (secondary N) is 1. The minimum absolute atomic E-state index is 0.255. The second-order valence-electron chi connectivity index (χ2n) is 5.99. The topological polar surface area (TPSA) is 18.5 Å². The molecule has 0 spiro atoms. The molecule has 16 heavy (non-hydrogen) atoms. The van der Waals surface area contributed by atoms with Gasteiger partial charge in [-0.15, -0.1) is 0 Å². The molecule has 0 aromatic heterocycles. The number of likely N-dealkylation sites (N-methyl/N-ethyl adjacent to an activating group) is 2. The first-order valence-corrected chi connectivity index (χ1v) is 6.50. The summed E-state index contributed by atoms with van der Waals surface area (Å²) in [6.45, 7) is 9.44. The van der Waals surface area contributed by atoms with E-state index in [4.69, 9.17) is 0 Å². The molecule has 0 amide bonds. The molecule has 1 aliphatic heterocycles. The summed E-state index contributed by atoms with van der Waals surface area (Å²) in [4.78, 5) is 4.97. The van der Waals surface area contributed by atoms with E-state index in [1.807, 2.05) is 7.05 Å². The molecule has 0 bridgehead atoms. The highest BCUT2D eigenvalue weighted by Gasteiger charge is 2.26. The third-order valence-electron chi connectivity index (χ3n) is 3.90. The molecule has 1 rings (SSSR count). The van der Waals surface area contributed by atoms with E-state index in [1.165, 1.54) is 32.5 Å². The molecule has 0 aliphatic carbocycles. The molecule has 0 aromatic carbocycles. The van der Waals surface area contributed by atoms with Crippen molar-refractivity contribution in [2.45, 2.75) is 32.2 Å². The molecule has 1 N–H and O–H groups in total. The lowest BCUT2D eigenvalue weighted by Crippen LogP contribution is -2.51. The van der Waals surface area contributed by atoms with E-state index < -0.39 is 0 Å². The van der Waals surface area contributed by atoms with Crippen molar-refractivity contribution in [2.75, 3.05) is 47.3 Å². The Morgan fingerprint density at radius 1 is 1.44 bits per heavy atom. The average molecular weight is 227 g/mol. The van der Waals surface area contributed by atoms with Crippen molar-refractivity contribution in [3.05, 3.63) is 0 Å². The fraction of sp³-hybridized carbons (Fsp3) is 1.00. The molecule has 0 aromatic rings. The van der Waals surface area contributed by atoms with Crippen LogP contribution >= 0.6 is 0 Å². The van der Waals surface area contributed by atoms with Gasteiger partial charge in [-0.1, -0.05) is 0 Å². The van der Waals surface area contributed by atoms with Gasteiger partial charge in [0.25, 0.3) is 0 Å². The van der Waals surface area contributed by atoms with Crippen LogP contribution in [0.5, 0.6) is 0 Å². The maximum atomic E-state index is 3.28. The largest absolute Gasteiger partial charge is 0.318 e. The highest BCUT2D eigenvalue weighted by atomic mass is 15.2. The van der Waals surface area contributed by atoms with Crippen LogP contribution < -0.4 is 5.32 Å². The first kappa shape index (κ1) is 13.9. The quantitative estimate of drug-likeness (QED) is 0.763. The Kier molecular flexibility index (Phi) is 5.22. The molecule has 96 valence electrons. The highest BCUT2D eigenvalue weighted by Crippen LogP contribution is 2.19. The summed E-state index contributed by atoms with van der Waals surface area (Å²) in [6.07, 6.45) is 2.76. The normalized spacial score (nSPS) is 24.0. The minimum Gasteiger partial charge on any atom is -0.318 e. The number of nitrogens with zero attached hydrogens (tertiary/aromatic N) is 2. The predicted octanol–water partition coefficient (Wildman–Crippen LogP) is 1.26. The molecule has 1 aliphatic rings. The van der Waals surface area contributed by atoms with Gasteiger partial charge in [0.2, 0.25) is 0 Å². The molecule has 0 saturated carbocycles. The lowest BCUT2D eigenvalue weighted by atomic mass is 9.95. The maximum Gasteiger partial charge on any atom is 0.0274 e. The van der Waals surface area contributed by atoms with Crippen LogP contribution in [0, 0.1) is 5.92 Å². The van der Waals surface area contributed by atoms with Crippen molar-refractivity contribution < 1.29 is 0 Å². The maximum absolute atomic E-state index is 3.28. The summed E-state index contributed by atoms with van der Waals surface area (Å²) in [5, 5.41) is 3.28. The summed E-state index contributed by atoms with van der Waals surface area (Å²) >= 11 is 0. The van der Waals surface area contributed by atoms with E-state index in [9.17, 15) is 0 Å². The van der Waals surface area contributed by atoms with Crippen molar-refractivity contribution in [3.8, 4) is 0 Å². The third kappa shape index (κ3) is 4.04. The Morgan fingerprint density at radius 3 is 2.69 bits per heavy atom. The summed E-state index contributed by atoms with van der Waals surface area (Å²) in [7, 11) is 6.53. The fourth-order valence-electron chi connectivity index (χ4n) is 2.62. The first-order valence-electron chi connectivity index (χ1n) is 6.50. The standard InChI is InChI=1S/C13H29N3/c1-13(2,11-14-3)16(5)10-12-7-6-8-15(4)9-12/h12,14H,6-11H2,1-5H3. The summed E-state index contributed by atoms with van der Waals surface area (Å²) in [5.74, 6) is 0.847. The van der Waals surface area contributed by atoms with Gasteiger partial charge in [-0.25, -0.2) is 0 Å². The fourth-order valence-corrected chi connectivity index (χ4v) is 2.62. The molecule has 1 atom stereocenters.